The second-order valence-electron chi connectivity index (χ2n) is 5.50. The number of hydrogen-bond donors (Lipinski definition) is 4. The van der Waals surface area contributed by atoms with Crippen LogP contribution < -0.4 is 15.2 Å². The van der Waals surface area contributed by atoms with E-state index in [1.54, 1.807) is 18.2 Å². The SMILES string of the molecule is CC1(C)C(O)CC1Nc1cccc(NS(N)(=O)=O)c1. The molecule has 0 radical (unpaired) electrons. The molecule has 106 valence electrons. The van der Waals surface area contributed by atoms with Crippen molar-refractivity contribution in [2.75, 3.05) is 10.0 Å². The third-order valence-electron chi connectivity index (χ3n) is 3.68. The van der Waals surface area contributed by atoms with Gasteiger partial charge in [0.2, 0.25) is 0 Å². The molecule has 1 aromatic rings. The smallest absolute Gasteiger partial charge is 0.296 e. The summed E-state index contributed by atoms with van der Waals surface area (Å²) in [6, 6.07) is 7.03. The minimum Gasteiger partial charge on any atom is -0.392 e. The van der Waals surface area contributed by atoms with Crippen molar-refractivity contribution in [1.82, 2.24) is 0 Å². The Morgan fingerprint density at radius 3 is 2.53 bits per heavy atom. The maximum absolute atomic E-state index is 11.0. The zero-order valence-electron chi connectivity index (χ0n) is 10.9. The molecule has 0 saturated heterocycles. The fourth-order valence-corrected chi connectivity index (χ4v) is 2.64. The summed E-state index contributed by atoms with van der Waals surface area (Å²) in [5.41, 5.74) is 1.01. The Bertz CT molecular complexity index is 571. The Hall–Kier alpha value is -1.31. The van der Waals surface area contributed by atoms with Crippen molar-refractivity contribution in [3.63, 3.8) is 0 Å². The molecule has 2 rings (SSSR count). The first kappa shape index (κ1) is 14.1. The van der Waals surface area contributed by atoms with E-state index in [1.807, 2.05) is 19.9 Å². The van der Waals surface area contributed by atoms with Crippen molar-refractivity contribution in [3.8, 4) is 0 Å². The van der Waals surface area contributed by atoms with Gasteiger partial charge in [-0.15, -0.1) is 0 Å². The number of anilines is 2. The van der Waals surface area contributed by atoms with Gasteiger partial charge in [-0.25, -0.2) is 5.14 Å². The number of nitrogens with two attached hydrogens (primary N) is 1. The van der Waals surface area contributed by atoms with E-state index in [-0.39, 0.29) is 17.6 Å². The van der Waals surface area contributed by atoms with Gasteiger partial charge in [-0.3, -0.25) is 4.72 Å². The van der Waals surface area contributed by atoms with Gasteiger partial charge in [0, 0.05) is 17.1 Å². The van der Waals surface area contributed by atoms with Crippen molar-refractivity contribution in [3.05, 3.63) is 24.3 Å². The maximum atomic E-state index is 11.0. The molecule has 7 heteroatoms. The normalized spacial score (nSPS) is 25.5. The average Bonchev–Trinajstić information content (AvgIpc) is 2.27. The first-order valence-electron chi connectivity index (χ1n) is 6.04. The van der Waals surface area contributed by atoms with Gasteiger partial charge in [0.1, 0.15) is 0 Å². The molecule has 2 atom stereocenters. The van der Waals surface area contributed by atoms with E-state index in [9.17, 15) is 13.5 Å². The van der Waals surface area contributed by atoms with E-state index in [0.29, 0.717) is 12.1 Å². The first-order chi connectivity index (χ1) is 8.68. The van der Waals surface area contributed by atoms with Crippen molar-refractivity contribution < 1.29 is 13.5 Å². The van der Waals surface area contributed by atoms with Crippen LogP contribution in [-0.4, -0.2) is 25.7 Å². The molecule has 0 heterocycles. The lowest BCUT2D eigenvalue weighted by Crippen LogP contribution is -2.56. The van der Waals surface area contributed by atoms with Crippen LogP contribution in [0.2, 0.25) is 0 Å². The molecule has 5 N–H and O–H groups in total. The van der Waals surface area contributed by atoms with Gasteiger partial charge in [0.15, 0.2) is 0 Å². The molecule has 1 saturated carbocycles. The highest BCUT2D eigenvalue weighted by atomic mass is 32.2. The van der Waals surface area contributed by atoms with Gasteiger partial charge in [0.05, 0.1) is 11.8 Å². The molecule has 2 unspecified atom stereocenters. The van der Waals surface area contributed by atoms with E-state index in [2.05, 4.69) is 10.0 Å². The average molecular weight is 285 g/mol. The Kier molecular flexibility index (Phi) is 3.46. The minimum atomic E-state index is -3.76. The Morgan fingerprint density at radius 2 is 2.00 bits per heavy atom. The summed E-state index contributed by atoms with van der Waals surface area (Å²) in [4.78, 5) is 0. The van der Waals surface area contributed by atoms with Crippen LogP contribution in [0.4, 0.5) is 11.4 Å². The molecule has 0 aliphatic heterocycles. The molecule has 0 spiro atoms. The van der Waals surface area contributed by atoms with Gasteiger partial charge in [-0.1, -0.05) is 19.9 Å². The summed E-state index contributed by atoms with van der Waals surface area (Å²) in [6.45, 7) is 3.98. The zero-order valence-corrected chi connectivity index (χ0v) is 11.7. The Labute approximate surface area is 113 Å². The lowest BCUT2D eigenvalue weighted by Gasteiger charge is -2.49. The highest BCUT2D eigenvalue weighted by Gasteiger charge is 2.47. The number of aliphatic hydroxyl groups is 1. The molecule has 1 fully saturated rings. The number of benzene rings is 1. The van der Waals surface area contributed by atoms with Crippen LogP contribution in [-0.2, 0) is 10.2 Å². The summed E-state index contributed by atoms with van der Waals surface area (Å²) in [6.07, 6.45) is 0.371. The van der Waals surface area contributed by atoms with Crippen LogP contribution in [0.3, 0.4) is 0 Å². The zero-order chi connectivity index (χ0) is 14.3. The third-order valence-corrected chi connectivity index (χ3v) is 4.20. The second kappa shape index (κ2) is 4.66. The van der Waals surface area contributed by atoms with Gasteiger partial charge in [0.25, 0.3) is 10.2 Å². The van der Waals surface area contributed by atoms with Crippen LogP contribution in [0.5, 0.6) is 0 Å². The lowest BCUT2D eigenvalue weighted by molar-refractivity contribution is -0.0510. The number of hydrogen-bond acceptors (Lipinski definition) is 4. The van der Waals surface area contributed by atoms with Gasteiger partial charge < -0.3 is 10.4 Å². The van der Waals surface area contributed by atoms with E-state index in [4.69, 9.17) is 5.14 Å². The van der Waals surface area contributed by atoms with Crippen LogP contribution in [0.15, 0.2) is 24.3 Å². The summed E-state index contributed by atoms with van der Waals surface area (Å²) < 4.78 is 24.1. The fourth-order valence-electron chi connectivity index (χ4n) is 2.19. The summed E-state index contributed by atoms with van der Waals surface area (Å²) in [7, 11) is -3.76. The molecule has 6 nitrogen and oxygen atoms in total. The number of nitrogens with one attached hydrogen (secondary N) is 2. The fraction of sp³-hybridized carbons (Fsp3) is 0.500. The van der Waals surface area contributed by atoms with Gasteiger partial charge in [-0.05, 0) is 24.6 Å². The Morgan fingerprint density at radius 1 is 1.37 bits per heavy atom. The molecule has 0 bridgehead atoms. The molecule has 1 aliphatic rings. The monoisotopic (exact) mass is 285 g/mol. The van der Waals surface area contributed by atoms with Crippen molar-refractivity contribution in [1.29, 1.82) is 0 Å². The van der Waals surface area contributed by atoms with Crippen LogP contribution >= 0.6 is 0 Å². The van der Waals surface area contributed by atoms with Crippen molar-refractivity contribution in [2.45, 2.75) is 32.4 Å². The van der Waals surface area contributed by atoms with E-state index >= 15 is 0 Å². The molecular formula is C12H19N3O3S. The minimum absolute atomic E-state index is 0.159. The van der Waals surface area contributed by atoms with E-state index in [0.717, 1.165) is 5.69 Å². The van der Waals surface area contributed by atoms with E-state index in [1.165, 1.54) is 0 Å². The van der Waals surface area contributed by atoms with Gasteiger partial charge >= 0.3 is 0 Å². The van der Waals surface area contributed by atoms with Crippen LogP contribution in [0.25, 0.3) is 0 Å². The standard InChI is InChI=1S/C12H19N3O3S/c1-12(2)10(7-11(12)16)14-8-4-3-5-9(6-8)15-19(13,17)18/h3-6,10-11,14-16H,7H2,1-2H3,(H2,13,17,18). The maximum Gasteiger partial charge on any atom is 0.296 e. The molecular weight excluding hydrogens is 266 g/mol. The summed E-state index contributed by atoms with van der Waals surface area (Å²) in [5, 5.41) is 17.9. The third kappa shape index (κ3) is 3.17. The van der Waals surface area contributed by atoms with E-state index < -0.39 is 10.2 Å². The highest BCUT2D eigenvalue weighted by molar-refractivity contribution is 7.90. The molecule has 1 aliphatic carbocycles. The predicted molar refractivity (Wildman–Crippen MR) is 75.0 cm³/mol. The molecule has 0 aromatic heterocycles. The van der Waals surface area contributed by atoms with Crippen LogP contribution in [0.1, 0.15) is 20.3 Å². The quantitative estimate of drug-likeness (QED) is 0.659. The second-order valence-corrected chi connectivity index (χ2v) is 6.79. The molecule has 0 amide bonds. The Balaban J connectivity index is 2.08. The topological polar surface area (TPSA) is 104 Å². The summed E-state index contributed by atoms with van der Waals surface area (Å²) >= 11 is 0. The van der Waals surface area contributed by atoms with Crippen molar-refractivity contribution in [2.24, 2.45) is 10.6 Å². The first-order valence-corrected chi connectivity index (χ1v) is 7.58. The molecule has 1 aromatic carbocycles. The predicted octanol–water partition coefficient (Wildman–Crippen LogP) is 0.873. The highest BCUT2D eigenvalue weighted by Crippen LogP contribution is 2.42. The summed E-state index contributed by atoms with van der Waals surface area (Å²) in [5.74, 6) is 0. The number of rotatable bonds is 4. The molecule has 19 heavy (non-hydrogen) atoms. The van der Waals surface area contributed by atoms with Gasteiger partial charge in [-0.2, -0.15) is 8.42 Å². The van der Waals surface area contributed by atoms with Crippen molar-refractivity contribution >= 4 is 21.6 Å². The van der Waals surface area contributed by atoms with Crippen LogP contribution in [0, 0.1) is 5.41 Å². The number of aliphatic hydroxyl groups excluding tert-OH is 1. The largest absolute Gasteiger partial charge is 0.392 e. The lowest BCUT2D eigenvalue weighted by atomic mass is 9.64.